The molecular formula is C20H20N2O3. The minimum atomic E-state index is -0.229. The predicted molar refractivity (Wildman–Crippen MR) is 98.5 cm³/mol. The molecule has 5 nitrogen and oxygen atoms in total. The Morgan fingerprint density at radius 2 is 1.88 bits per heavy atom. The standard InChI is InChI=1S/C20H20N2O3/c1-13(2)25-17-10-9-15(12-18(17)24-3)20(23)22-16-8-4-6-14-7-5-11-21-19(14)16/h4-13H,1-3H3,(H,22,23). The van der Waals surface area contributed by atoms with Crippen LogP contribution in [0.1, 0.15) is 24.2 Å². The van der Waals surface area contributed by atoms with Gasteiger partial charge in [0.25, 0.3) is 5.91 Å². The van der Waals surface area contributed by atoms with Crippen LogP contribution in [0.4, 0.5) is 5.69 Å². The first-order valence-corrected chi connectivity index (χ1v) is 8.08. The van der Waals surface area contributed by atoms with E-state index in [1.54, 1.807) is 31.5 Å². The zero-order valence-corrected chi connectivity index (χ0v) is 14.4. The van der Waals surface area contributed by atoms with E-state index in [1.165, 1.54) is 0 Å². The van der Waals surface area contributed by atoms with E-state index in [2.05, 4.69) is 10.3 Å². The first-order valence-electron chi connectivity index (χ1n) is 8.08. The smallest absolute Gasteiger partial charge is 0.255 e. The van der Waals surface area contributed by atoms with Crippen LogP contribution in [-0.4, -0.2) is 24.1 Å². The molecule has 128 valence electrons. The Morgan fingerprint density at radius 3 is 2.64 bits per heavy atom. The van der Waals surface area contributed by atoms with Crippen molar-refractivity contribution in [1.29, 1.82) is 0 Å². The van der Waals surface area contributed by atoms with Gasteiger partial charge in [-0.05, 0) is 44.2 Å². The zero-order valence-electron chi connectivity index (χ0n) is 14.4. The minimum absolute atomic E-state index is 0.0235. The van der Waals surface area contributed by atoms with Gasteiger partial charge in [0.15, 0.2) is 11.5 Å². The van der Waals surface area contributed by atoms with Gasteiger partial charge in [-0.3, -0.25) is 9.78 Å². The maximum absolute atomic E-state index is 12.6. The van der Waals surface area contributed by atoms with Crippen molar-refractivity contribution in [3.63, 3.8) is 0 Å². The summed E-state index contributed by atoms with van der Waals surface area (Å²) in [7, 11) is 1.55. The first kappa shape index (κ1) is 16.8. The van der Waals surface area contributed by atoms with E-state index in [0.717, 1.165) is 10.9 Å². The molecule has 0 radical (unpaired) electrons. The van der Waals surface area contributed by atoms with Crippen molar-refractivity contribution in [3.05, 3.63) is 60.3 Å². The second-order valence-corrected chi connectivity index (χ2v) is 5.87. The molecule has 0 spiro atoms. The summed E-state index contributed by atoms with van der Waals surface area (Å²) in [6.45, 7) is 3.88. The van der Waals surface area contributed by atoms with Gasteiger partial charge in [0.05, 0.1) is 24.4 Å². The number of nitrogens with one attached hydrogen (secondary N) is 1. The SMILES string of the molecule is COc1cc(C(=O)Nc2cccc3cccnc23)ccc1OC(C)C. The van der Waals surface area contributed by atoms with Crippen molar-refractivity contribution < 1.29 is 14.3 Å². The maximum atomic E-state index is 12.6. The average molecular weight is 336 g/mol. The lowest BCUT2D eigenvalue weighted by molar-refractivity contribution is 0.102. The van der Waals surface area contributed by atoms with Crippen molar-refractivity contribution in [2.45, 2.75) is 20.0 Å². The fraction of sp³-hybridized carbons (Fsp3) is 0.200. The first-order chi connectivity index (χ1) is 12.1. The molecule has 3 aromatic rings. The van der Waals surface area contributed by atoms with Crippen LogP contribution in [0.25, 0.3) is 10.9 Å². The normalized spacial score (nSPS) is 10.7. The molecule has 5 heteroatoms. The lowest BCUT2D eigenvalue weighted by Crippen LogP contribution is -2.13. The molecule has 0 atom stereocenters. The summed E-state index contributed by atoms with van der Waals surface area (Å²) in [6.07, 6.45) is 1.73. The van der Waals surface area contributed by atoms with Crippen LogP contribution < -0.4 is 14.8 Å². The van der Waals surface area contributed by atoms with Gasteiger partial charge in [0, 0.05) is 17.1 Å². The van der Waals surface area contributed by atoms with Gasteiger partial charge in [-0.1, -0.05) is 18.2 Å². The van der Waals surface area contributed by atoms with E-state index in [4.69, 9.17) is 9.47 Å². The maximum Gasteiger partial charge on any atom is 0.255 e. The number of carbonyl (C=O) groups is 1. The topological polar surface area (TPSA) is 60.5 Å². The number of para-hydroxylation sites is 1. The van der Waals surface area contributed by atoms with Crippen LogP contribution in [0.5, 0.6) is 11.5 Å². The third-order valence-corrected chi connectivity index (χ3v) is 3.67. The van der Waals surface area contributed by atoms with Crippen molar-refractivity contribution in [3.8, 4) is 11.5 Å². The van der Waals surface area contributed by atoms with Gasteiger partial charge in [-0.15, -0.1) is 0 Å². The number of pyridine rings is 1. The van der Waals surface area contributed by atoms with Crippen LogP contribution in [0.15, 0.2) is 54.7 Å². The largest absolute Gasteiger partial charge is 0.493 e. The number of aromatic nitrogens is 1. The Bertz CT molecular complexity index is 901. The molecular weight excluding hydrogens is 316 g/mol. The number of hydrogen-bond donors (Lipinski definition) is 1. The molecule has 1 aromatic heterocycles. The third-order valence-electron chi connectivity index (χ3n) is 3.67. The number of benzene rings is 2. The lowest BCUT2D eigenvalue weighted by Gasteiger charge is -2.14. The van der Waals surface area contributed by atoms with Gasteiger partial charge >= 0.3 is 0 Å². The van der Waals surface area contributed by atoms with Crippen LogP contribution in [0.3, 0.4) is 0 Å². The molecule has 0 unspecified atom stereocenters. The lowest BCUT2D eigenvalue weighted by atomic mass is 10.1. The second-order valence-electron chi connectivity index (χ2n) is 5.87. The molecule has 3 rings (SSSR count). The van der Waals surface area contributed by atoms with Crippen molar-refractivity contribution in [2.75, 3.05) is 12.4 Å². The Labute approximate surface area is 146 Å². The summed E-state index contributed by atoms with van der Waals surface area (Å²) in [5.74, 6) is 0.908. The van der Waals surface area contributed by atoms with Gasteiger partial charge in [-0.2, -0.15) is 0 Å². The molecule has 0 aliphatic rings. The molecule has 2 aromatic carbocycles. The monoisotopic (exact) mass is 336 g/mol. The van der Waals surface area contributed by atoms with Gasteiger partial charge < -0.3 is 14.8 Å². The van der Waals surface area contributed by atoms with Crippen molar-refractivity contribution in [1.82, 2.24) is 4.98 Å². The van der Waals surface area contributed by atoms with E-state index in [-0.39, 0.29) is 12.0 Å². The molecule has 0 aliphatic carbocycles. The molecule has 0 fully saturated rings. The summed E-state index contributed by atoms with van der Waals surface area (Å²) >= 11 is 0. The number of methoxy groups -OCH3 is 1. The number of anilines is 1. The number of nitrogens with zero attached hydrogens (tertiary/aromatic N) is 1. The summed E-state index contributed by atoms with van der Waals surface area (Å²) in [5.41, 5.74) is 1.91. The van der Waals surface area contributed by atoms with Crippen LogP contribution >= 0.6 is 0 Å². The minimum Gasteiger partial charge on any atom is -0.493 e. The number of hydrogen-bond acceptors (Lipinski definition) is 4. The molecule has 1 heterocycles. The highest BCUT2D eigenvalue weighted by Crippen LogP contribution is 2.29. The molecule has 1 N–H and O–H groups in total. The van der Waals surface area contributed by atoms with Crippen molar-refractivity contribution in [2.24, 2.45) is 0 Å². The van der Waals surface area contributed by atoms with Crippen LogP contribution in [0, 0.1) is 0 Å². The van der Waals surface area contributed by atoms with E-state index >= 15 is 0 Å². The Kier molecular flexibility index (Phi) is 4.84. The number of ether oxygens (including phenoxy) is 2. The second kappa shape index (κ2) is 7.21. The molecule has 0 bridgehead atoms. The zero-order chi connectivity index (χ0) is 17.8. The van der Waals surface area contributed by atoms with Crippen LogP contribution in [0.2, 0.25) is 0 Å². The number of amides is 1. The van der Waals surface area contributed by atoms with Crippen LogP contribution in [-0.2, 0) is 0 Å². The Hall–Kier alpha value is -3.08. The molecule has 1 amide bonds. The molecule has 0 saturated carbocycles. The summed E-state index contributed by atoms with van der Waals surface area (Å²) in [4.78, 5) is 17.0. The van der Waals surface area contributed by atoms with Gasteiger partial charge in [0.2, 0.25) is 0 Å². The molecule has 0 saturated heterocycles. The summed E-state index contributed by atoms with van der Waals surface area (Å²) < 4.78 is 11.0. The number of carbonyl (C=O) groups excluding carboxylic acids is 1. The van der Waals surface area contributed by atoms with E-state index < -0.39 is 0 Å². The molecule has 25 heavy (non-hydrogen) atoms. The third kappa shape index (κ3) is 3.71. The highest BCUT2D eigenvalue weighted by Gasteiger charge is 2.13. The quantitative estimate of drug-likeness (QED) is 0.755. The predicted octanol–water partition coefficient (Wildman–Crippen LogP) is 4.28. The number of rotatable bonds is 5. The molecule has 0 aliphatic heterocycles. The van der Waals surface area contributed by atoms with E-state index in [1.807, 2.05) is 44.2 Å². The fourth-order valence-corrected chi connectivity index (χ4v) is 2.56. The highest BCUT2D eigenvalue weighted by atomic mass is 16.5. The fourth-order valence-electron chi connectivity index (χ4n) is 2.56. The Balaban J connectivity index is 1.88. The van der Waals surface area contributed by atoms with Crippen molar-refractivity contribution >= 4 is 22.5 Å². The van der Waals surface area contributed by atoms with E-state index in [0.29, 0.717) is 22.7 Å². The highest BCUT2D eigenvalue weighted by molar-refractivity contribution is 6.08. The summed E-state index contributed by atoms with van der Waals surface area (Å²) in [6, 6.07) is 14.6. The average Bonchev–Trinajstić information content (AvgIpc) is 2.62. The van der Waals surface area contributed by atoms with E-state index in [9.17, 15) is 4.79 Å². The van der Waals surface area contributed by atoms with Gasteiger partial charge in [-0.25, -0.2) is 0 Å². The number of fused-ring (bicyclic) bond motifs is 1. The summed E-state index contributed by atoms with van der Waals surface area (Å²) in [5, 5.41) is 3.89. The Morgan fingerprint density at radius 1 is 1.08 bits per heavy atom. The van der Waals surface area contributed by atoms with Gasteiger partial charge in [0.1, 0.15) is 0 Å².